The number of fused-ring (bicyclic) bond motifs is 1. The van der Waals surface area contributed by atoms with Crippen LogP contribution in [0, 0.1) is 0 Å². The van der Waals surface area contributed by atoms with Crippen LogP contribution in [0.15, 0.2) is 71.6 Å². The van der Waals surface area contributed by atoms with Crippen molar-refractivity contribution < 1.29 is 13.2 Å². The second kappa shape index (κ2) is 8.20. The molecule has 0 spiro atoms. The molecule has 0 aromatic heterocycles. The molecule has 156 valence electrons. The summed E-state index contributed by atoms with van der Waals surface area (Å²) < 4.78 is 28.0. The molecule has 1 amide bonds. The summed E-state index contributed by atoms with van der Waals surface area (Å²) in [5, 5.41) is 4.74. The van der Waals surface area contributed by atoms with Crippen LogP contribution in [0.4, 0.5) is 5.69 Å². The first-order valence-electron chi connectivity index (χ1n) is 10.3. The first kappa shape index (κ1) is 20.6. The van der Waals surface area contributed by atoms with Crippen molar-refractivity contribution in [1.82, 2.24) is 4.31 Å². The van der Waals surface area contributed by atoms with Crippen LogP contribution in [0.25, 0.3) is 10.8 Å². The fourth-order valence-corrected chi connectivity index (χ4v) is 5.62. The molecule has 3 aromatic rings. The molecule has 0 saturated carbocycles. The molecular formula is C24H26N2O3S. The standard InChI is InChI=1S/C24H26N2O3S/c1-17(2)18-9-12-21(13-10-18)25-24(27)23-8-5-15-26(23)30(28,29)22-14-11-19-6-3-4-7-20(19)16-22/h3-4,6-7,9-14,16-17,23H,5,8,15H2,1-2H3,(H,25,27)/t23-/m0/s1. The minimum Gasteiger partial charge on any atom is -0.325 e. The molecule has 5 nitrogen and oxygen atoms in total. The number of hydrogen-bond acceptors (Lipinski definition) is 3. The van der Waals surface area contributed by atoms with Gasteiger partial charge in [-0.25, -0.2) is 8.42 Å². The van der Waals surface area contributed by atoms with E-state index in [4.69, 9.17) is 0 Å². The fraction of sp³-hybridized carbons (Fsp3) is 0.292. The summed E-state index contributed by atoms with van der Waals surface area (Å²) in [6.07, 6.45) is 1.18. The van der Waals surface area contributed by atoms with E-state index >= 15 is 0 Å². The van der Waals surface area contributed by atoms with Gasteiger partial charge in [0.25, 0.3) is 0 Å². The van der Waals surface area contributed by atoms with Gasteiger partial charge in [-0.15, -0.1) is 0 Å². The van der Waals surface area contributed by atoms with Crippen LogP contribution in [0.5, 0.6) is 0 Å². The monoisotopic (exact) mass is 422 g/mol. The highest BCUT2D eigenvalue weighted by molar-refractivity contribution is 7.89. The minimum atomic E-state index is -3.76. The van der Waals surface area contributed by atoms with Crippen LogP contribution in [0.3, 0.4) is 0 Å². The second-order valence-corrected chi connectivity index (χ2v) is 9.94. The second-order valence-electron chi connectivity index (χ2n) is 8.05. The third kappa shape index (κ3) is 3.98. The molecule has 0 unspecified atom stereocenters. The lowest BCUT2D eigenvalue weighted by atomic mass is 10.0. The van der Waals surface area contributed by atoms with Crippen LogP contribution >= 0.6 is 0 Å². The number of nitrogens with one attached hydrogen (secondary N) is 1. The van der Waals surface area contributed by atoms with Gasteiger partial charge in [0.2, 0.25) is 15.9 Å². The molecule has 4 rings (SSSR count). The smallest absolute Gasteiger partial charge is 0.243 e. The zero-order chi connectivity index (χ0) is 21.3. The minimum absolute atomic E-state index is 0.224. The summed E-state index contributed by atoms with van der Waals surface area (Å²) in [5.41, 5.74) is 1.87. The van der Waals surface area contributed by atoms with Gasteiger partial charge in [0.1, 0.15) is 6.04 Å². The van der Waals surface area contributed by atoms with Crippen molar-refractivity contribution in [2.24, 2.45) is 0 Å². The first-order chi connectivity index (χ1) is 14.4. The molecule has 1 atom stereocenters. The number of benzene rings is 3. The SMILES string of the molecule is CC(C)c1ccc(NC(=O)[C@@H]2CCCN2S(=O)(=O)c2ccc3ccccc3c2)cc1. The summed E-state index contributed by atoms with van der Waals surface area (Å²) in [6.45, 7) is 4.57. The third-order valence-corrected chi connectivity index (χ3v) is 7.58. The molecule has 1 fully saturated rings. The number of anilines is 1. The van der Waals surface area contributed by atoms with E-state index in [-0.39, 0.29) is 10.8 Å². The Hall–Kier alpha value is -2.70. The zero-order valence-corrected chi connectivity index (χ0v) is 18.0. The molecule has 30 heavy (non-hydrogen) atoms. The number of amides is 1. The summed E-state index contributed by atoms with van der Waals surface area (Å²) >= 11 is 0. The summed E-state index contributed by atoms with van der Waals surface area (Å²) in [5.74, 6) is 0.126. The van der Waals surface area contributed by atoms with Crippen LogP contribution in [0.1, 0.15) is 38.2 Å². The van der Waals surface area contributed by atoms with Crippen molar-refractivity contribution in [3.05, 3.63) is 72.3 Å². The lowest BCUT2D eigenvalue weighted by Crippen LogP contribution is -2.43. The molecule has 3 aromatic carbocycles. The molecule has 6 heteroatoms. The Morgan fingerprint density at radius 2 is 1.70 bits per heavy atom. The van der Waals surface area contributed by atoms with Gasteiger partial charge in [-0.3, -0.25) is 4.79 Å². The molecule has 0 bridgehead atoms. The summed E-state index contributed by atoms with van der Waals surface area (Å²) in [6, 6.07) is 19.8. The van der Waals surface area contributed by atoms with Crippen LogP contribution < -0.4 is 5.32 Å². The predicted octanol–water partition coefficient (Wildman–Crippen LogP) is 4.76. The average Bonchev–Trinajstić information content (AvgIpc) is 3.25. The van der Waals surface area contributed by atoms with Crippen molar-refractivity contribution in [2.75, 3.05) is 11.9 Å². The quantitative estimate of drug-likeness (QED) is 0.645. The van der Waals surface area contributed by atoms with Crippen LogP contribution in [-0.4, -0.2) is 31.2 Å². The largest absolute Gasteiger partial charge is 0.325 e. The Balaban J connectivity index is 1.56. The highest BCUT2D eigenvalue weighted by atomic mass is 32.2. The number of rotatable bonds is 5. The maximum absolute atomic E-state index is 13.3. The van der Waals surface area contributed by atoms with Gasteiger partial charge in [-0.2, -0.15) is 4.31 Å². The molecule has 1 heterocycles. The van der Waals surface area contributed by atoms with Gasteiger partial charge in [0.15, 0.2) is 0 Å². The lowest BCUT2D eigenvalue weighted by molar-refractivity contribution is -0.119. The van der Waals surface area contributed by atoms with Crippen molar-refractivity contribution in [3.63, 3.8) is 0 Å². The van der Waals surface area contributed by atoms with Crippen molar-refractivity contribution in [2.45, 2.75) is 43.5 Å². The number of carbonyl (C=O) groups is 1. The van der Waals surface area contributed by atoms with Gasteiger partial charge >= 0.3 is 0 Å². The topological polar surface area (TPSA) is 66.5 Å². The van der Waals surface area contributed by atoms with Gasteiger partial charge in [0.05, 0.1) is 4.90 Å². The van der Waals surface area contributed by atoms with Crippen molar-refractivity contribution in [1.29, 1.82) is 0 Å². The molecule has 0 radical (unpaired) electrons. The van der Waals surface area contributed by atoms with Crippen LogP contribution in [-0.2, 0) is 14.8 Å². The first-order valence-corrected chi connectivity index (χ1v) is 11.7. The molecule has 1 N–H and O–H groups in total. The van der Waals surface area contributed by atoms with E-state index in [0.717, 1.165) is 10.8 Å². The maximum Gasteiger partial charge on any atom is 0.243 e. The highest BCUT2D eigenvalue weighted by Crippen LogP contribution is 2.29. The normalized spacial score (nSPS) is 17.5. The van der Waals surface area contributed by atoms with Crippen LogP contribution in [0.2, 0.25) is 0 Å². The number of hydrogen-bond donors (Lipinski definition) is 1. The zero-order valence-electron chi connectivity index (χ0n) is 17.2. The van der Waals surface area contributed by atoms with Gasteiger partial charge < -0.3 is 5.32 Å². The van der Waals surface area contributed by atoms with E-state index in [1.807, 2.05) is 54.6 Å². The Morgan fingerprint density at radius 3 is 2.40 bits per heavy atom. The van der Waals surface area contributed by atoms with Gasteiger partial charge in [-0.05, 0) is 59.4 Å². The lowest BCUT2D eigenvalue weighted by Gasteiger charge is -2.23. The van der Waals surface area contributed by atoms with E-state index in [1.54, 1.807) is 12.1 Å². The highest BCUT2D eigenvalue weighted by Gasteiger charge is 2.39. The van der Waals surface area contributed by atoms with E-state index in [1.165, 1.54) is 9.87 Å². The average molecular weight is 423 g/mol. The van der Waals surface area contributed by atoms with Crippen molar-refractivity contribution in [3.8, 4) is 0 Å². The van der Waals surface area contributed by atoms with E-state index in [0.29, 0.717) is 31.0 Å². The third-order valence-electron chi connectivity index (χ3n) is 5.68. The molecule has 1 aliphatic heterocycles. The number of sulfonamides is 1. The fourth-order valence-electron chi connectivity index (χ4n) is 3.93. The van der Waals surface area contributed by atoms with E-state index < -0.39 is 16.1 Å². The summed E-state index contributed by atoms with van der Waals surface area (Å²) in [4.78, 5) is 13.1. The Bertz CT molecular complexity index is 1170. The Morgan fingerprint density at radius 1 is 1.00 bits per heavy atom. The number of nitrogens with zero attached hydrogens (tertiary/aromatic N) is 1. The van der Waals surface area contributed by atoms with Gasteiger partial charge in [0, 0.05) is 12.2 Å². The maximum atomic E-state index is 13.3. The molecule has 1 saturated heterocycles. The van der Waals surface area contributed by atoms with Gasteiger partial charge in [-0.1, -0.05) is 56.3 Å². The number of carbonyl (C=O) groups excluding carboxylic acids is 1. The predicted molar refractivity (Wildman–Crippen MR) is 120 cm³/mol. The Kier molecular flexibility index (Phi) is 5.62. The molecule has 0 aliphatic carbocycles. The summed E-state index contributed by atoms with van der Waals surface area (Å²) in [7, 11) is -3.76. The van der Waals surface area contributed by atoms with E-state index in [2.05, 4.69) is 19.2 Å². The molecular weight excluding hydrogens is 396 g/mol. The Labute approximate surface area is 177 Å². The molecule has 1 aliphatic rings. The van der Waals surface area contributed by atoms with E-state index in [9.17, 15) is 13.2 Å². The van der Waals surface area contributed by atoms with Crippen molar-refractivity contribution >= 4 is 32.4 Å².